The number of aromatic nitrogens is 2. The Morgan fingerprint density at radius 3 is 2.75 bits per heavy atom. The van der Waals surface area contributed by atoms with E-state index >= 15 is 0 Å². The molecule has 0 aliphatic carbocycles. The summed E-state index contributed by atoms with van der Waals surface area (Å²) in [7, 11) is -2.66. The Balaban J connectivity index is 1.76. The van der Waals surface area contributed by atoms with Crippen LogP contribution in [0.1, 0.15) is 21.8 Å². The summed E-state index contributed by atoms with van der Waals surface area (Å²) in [5.41, 5.74) is 1.52. The smallest absolute Gasteiger partial charge is 0.338 e. The van der Waals surface area contributed by atoms with Crippen molar-refractivity contribution >= 4 is 31.9 Å². The molecule has 1 aromatic heterocycles. The number of hydrogen-bond donors (Lipinski definition) is 1. The van der Waals surface area contributed by atoms with E-state index in [4.69, 9.17) is 4.52 Å². The van der Waals surface area contributed by atoms with Crippen LogP contribution in [0.15, 0.2) is 56.4 Å². The number of nitrogens with one attached hydrogen (secondary N) is 1. The highest BCUT2D eigenvalue weighted by atomic mass is 79.9. The molecule has 0 atom stereocenters. The number of halogens is 1. The lowest BCUT2D eigenvalue weighted by Crippen LogP contribution is -2.24. The zero-order valence-corrected chi connectivity index (χ0v) is 17.4. The summed E-state index contributed by atoms with van der Waals surface area (Å²) >= 11 is 3.36. The van der Waals surface area contributed by atoms with Gasteiger partial charge >= 0.3 is 5.97 Å². The van der Waals surface area contributed by atoms with E-state index in [0.29, 0.717) is 11.4 Å². The third kappa shape index (κ3) is 4.46. The monoisotopic (exact) mass is 465 g/mol. The molecule has 0 saturated heterocycles. The first kappa shape index (κ1) is 20.2. The fraction of sp³-hybridized carbons (Fsp3) is 0.167. The molecule has 8 nitrogen and oxygen atoms in total. The number of benzene rings is 2. The molecule has 0 aliphatic rings. The quantitative estimate of drug-likeness (QED) is 0.556. The molecule has 0 saturated carbocycles. The Morgan fingerprint density at radius 1 is 1.25 bits per heavy atom. The fourth-order valence-electron chi connectivity index (χ4n) is 2.41. The number of rotatable bonds is 6. The van der Waals surface area contributed by atoms with Gasteiger partial charge in [-0.1, -0.05) is 39.3 Å². The average molecular weight is 466 g/mol. The van der Waals surface area contributed by atoms with Crippen molar-refractivity contribution in [3.05, 3.63) is 64.0 Å². The highest BCUT2D eigenvalue weighted by molar-refractivity contribution is 9.10. The van der Waals surface area contributed by atoms with Crippen LogP contribution in [0.3, 0.4) is 0 Å². The van der Waals surface area contributed by atoms with Gasteiger partial charge < -0.3 is 9.26 Å². The molecule has 10 heteroatoms. The van der Waals surface area contributed by atoms with Crippen LogP contribution in [0.25, 0.3) is 11.4 Å². The van der Waals surface area contributed by atoms with Gasteiger partial charge in [0.25, 0.3) is 0 Å². The molecule has 0 aliphatic heterocycles. The lowest BCUT2D eigenvalue weighted by molar-refractivity contribution is 0.0599. The Morgan fingerprint density at radius 2 is 2.04 bits per heavy atom. The standard InChI is InChI=1S/C18H16BrN3O5S/c1-11-6-7-14(9-15(11)18(23)26-2)28(24,25)20-10-16-21-17(22-27-16)12-4-3-5-13(19)8-12/h3-9,20H,10H2,1-2H3. The van der Waals surface area contributed by atoms with Crippen molar-refractivity contribution < 1.29 is 22.5 Å². The predicted molar refractivity (Wildman–Crippen MR) is 104 cm³/mol. The third-order valence-corrected chi connectivity index (χ3v) is 5.78. The van der Waals surface area contributed by atoms with Crippen LogP contribution >= 0.6 is 15.9 Å². The van der Waals surface area contributed by atoms with Gasteiger partial charge in [-0.25, -0.2) is 17.9 Å². The predicted octanol–water partition coefficient (Wildman–Crippen LogP) is 3.07. The topological polar surface area (TPSA) is 111 Å². The van der Waals surface area contributed by atoms with Crippen LogP contribution in [0.5, 0.6) is 0 Å². The Kier molecular flexibility index (Phi) is 5.92. The highest BCUT2D eigenvalue weighted by Gasteiger charge is 2.19. The maximum Gasteiger partial charge on any atom is 0.338 e. The molecule has 28 heavy (non-hydrogen) atoms. The molecule has 3 aromatic rings. The molecule has 0 amide bonds. The number of methoxy groups -OCH3 is 1. The second-order valence-corrected chi connectivity index (χ2v) is 8.50. The molecule has 146 valence electrons. The van der Waals surface area contributed by atoms with Crippen LogP contribution in [0.4, 0.5) is 0 Å². The van der Waals surface area contributed by atoms with Gasteiger partial charge in [0.2, 0.25) is 21.7 Å². The maximum absolute atomic E-state index is 12.5. The van der Waals surface area contributed by atoms with Gasteiger partial charge in [0, 0.05) is 10.0 Å². The largest absolute Gasteiger partial charge is 0.465 e. The van der Waals surface area contributed by atoms with Gasteiger partial charge in [-0.05, 0) is 36.8 Å². The lowest BCUT2D eigenvalue weighted by atomic mass is 10.1. The molecule has 1 heterocycles. The van der Waals surface area contributed by atoms with Gasteiger partial charge in [0.1, 0.15) is 0 Å². The highest BCUT2D eigenvalue weighted by Crippen LogP contribution is 2.21. The lowest BCUT2D eigenvalue weighted by Gasteiger charge is -2.08. The number of esters is 1. The van der Waals surface area contributed by atoms with E-state index < -0.39 is 16.0 Å². The zero-order chi connectivity index (χ0) is 20.3. The summed E-state index contributed by atoms with van der Waals surface area (Å²) in [5, 5.41) is 3.86. The summed E-state index contributed by atoms with van der Waals surface area (Å²) in [4.78, 5) is 15.9. The van der Waals surface area contributed by atoms with Crippen molar-refractivity contribution in [2.75, 3.05) is 7.11 Å². The summed E-state index contributed by atoms with van der Waals surface area (Å²) in [5.74, 6) is -0.150. The van der Waals surface area contributed by atoms with E-state index in [-0.39, 0.29) is 22.9 Å². The number of hydrogen-bond acceptors (Lipinski definition) is 7. The van der Waals surface area contributed by atoms with Crippen molar-refractivity contribution in [2.24, 2.45) is 0 Å². The molecule has 0 spiro atoms. The molecular formula is C18H16BrN3O5S. The van der Waals surface area contributed by atoms with E-state index in [1.807, 2.05) is 24.3 Å². The number of ether oxygens (including phenoxy) is 1. The van der Waals surface area contributed by atoms with Gasteiger partial charge in [-0.3, -0.25) is 0 Å². The van der Waals surface area contributed by atoms with Gasteiger partial charge in [-0.2, -0.15) is 4.98 Å². The maximum atomic E-state index is 12.5. The third-order valence-electron chi connectivity index (χ3n) is 3.89. The van der Waals surface area contributed by atoms with E-state index in [0.717, 1.165) is 10.0 Å². The Hall–Kier alpha value is -2.56. The summed E-state index contributed by atoms with van der Waals surface area (Å²) < 4.78 is 38.1. The molecular weight excluding hydrogens is 450 g/mol. The first-order valence-corrected chi connectivity index (χ1v) is 10.3. The fourth-order valence-corrected chi connectivity index (χ4v) is 3.81. The van der Waals surface area contributed by atoms with Crippen LogP contribution in [0, 0.1) is 6.92 Å². The van der Waals surface area contributed by atoms with Crippen molar-refractivity contribution in [1.29, 1.82) is 0 Å². The number of nitrogens with zero attached hydrogens (tertiary/aromatic N) is 2. The van der Waals surface area contributed by atoms with E-state index in [9.17, 15) is 13.2 Å². The second-order valence-electron chi connectivity index (χ2n) is 5.81. The van der Waals surface area contributed by atoms with Crippen molar-refractivity contribution in [1.82, 2.24) is 14.9 Å². The van der Waals surface area contributed by atoms with Crippen molar-refractivity contribution in [2.45, 2.75) is 18.4 Å². The minimum absolute atomic E-state index is 0.0646. The van der Waals surface area contributed by atoms with Crippen LogP contribution in [0.2, 0.25) is 0 Å². The second kappa shape index (κ2) is 8.21. The number of carbonyl (C=O) groups excluding carboxylic acids is 1. The minimum atomic E-state index is -3.89. The van der Waals surface area contributed by atoms with Gasteiger partial charge in [-0.15, -0.1) is 0 Å². The van der Waals surface area contributed by atoms with E-state index in [2.05, 4.69) is 35.5 Å². The van der Waals surface area contributed by atoms with Crippen LogP contribution < -0.4 is 4.72 Å². The average Bonchev–Trinajstić information content (AvgIpc) is 3.15. The first-order valence-electron chi connectivity index (χ1n) is 8.07. The molecule has 0 radical (unpaired) electrons. The van der Waals surface area contributed by atoms with Crippen LogP contribution in [-0.2, 0) is 21.3 Å². The molecule has 3 rings (SSSR count). The van der Waals surface area contributed by atoms with Gasteiger partial charge in [0.15, 0.2) is 0 Å². The van der Waals surface area contributed by atoms with Crippen LogP contribution in [-0.4, -0.2) is 31.6 Å². The Bertz CT molecular complexity index is 1130. The Labute approximate surface area is 170 Å². The summed E-state index contributed by atoms with van der Waals surface area (Å²) in [6, 6.07) is 11.5. The number of aryl methyl sites for hydroxylation is 1. The van der Waals surface area contributed by atoms with Crippen molar-refractivity contribution in [3.8, 4) is 11.4 Å². The SMILES string of the molecule is COC(=O)c1cc(S(=O)(=O)NCc2nc(-c3cccc(Br)c3)no2)ccc1C. The minimum Gasteiger partial charge on any atom is -0.465 e. The van der Waals surface area contributed by atoms with E-state index in [1.165, 1.54) is 19.2 Å². The summed E-state index contributed by atoms with van der Waals surface area (Å²) in [6.45, 7) is 1.50. The summed E-state index contributed by atoms with van der Waals surface area (Å²) in [6.07, 6.45) is 0. The molecule has 0 unspecified atom stereocenters. The van der Waals surface area contributed by atoms with Crippen molar-refractivity contribution in [3.63, 3.8) is 0 Å². The van der Waals surface area contributed by atoms with E-state index in [1.54, 1.807) is 13.0 Å². The molecule has 1 N–H and O–H groups in total. The van der Waals surface area contributed by atoms with Gasteiger partial charge in [0.05, 0.1) is 24.1 Å². The zero-order valence-electron chi connectivity index (χ0n) is 15.0. The number of carbonyl (C=O) groups is 1. The molecule has 2 aromatic carbocycles. The normalized spacial score (nSPS) is 11.4. The molecule has 0 fully saturated rings. The first-order chi connectivity index (χ1) is 13.3. The molecule has 0 bridgehead atoms. The number of sulfonamides is 1.